The molecule has 0 spiro atoms. The average Bonchev–Trinajstić information content (AvgIpc) is 3.90. The maximum atomic E-state index is 14.2. The lowest BCUT2D eigenvalue weighted by molar-refractivity contribution is -0.114. The summed E-state index contributed by atoms with van der Waals surface area (Å²) in [7, 11) is 0. The summed E-state index contributed by atoms with van der Waals surface area (Å²) in [5.74, 6) is -0.944. The first-order chi connectivity index (χ1) is 26.6. The molecule has 4 aromatic heterocycles. The number of aryl methyl sites for hydroxylation is 6. The minimum Gasteiger partial charge on any atom is -0.366 e. The monoisotopic (exact) mass is 747 g/mol. The van der Waals surface area contributed by atoms with E-state index in [9.17, 15) is 19.2 Å². The van der Waals surface area contributed by atoms with Gasteiger partial charge in [-0.05, 0) is 89.3 Å². The third kappa shape index (κ3) is 7.42. The van der Waals surface area contributed by atoms with Gasteiger partial charge in [0.15, 0.2) is 0 Å². The summed E-state index contributed by atoms with van der Waals surface area (Å²) in [5.41, 5.74) is 17.7. The van der Waals surface area contributed by atoms with Gasteiger partial charge >= 0.3 is 0 Å². The lowest BCUT2D eigenvalue weighted by Gasteiger charge is -2.13. The second-order valence-corrected chi connectivity index (χ2v) is 13.7. The molecule has 0 saturated carbocycles. The molecule has 7 rings (SSSR count). The molecule has 4 amide bonds. The molecule has 17 heteroatoms. The summed E-state index contributed by atoms with van der Waals surface area (Å²) in [4.78, 5) is 62.0. The van der Waals surface area contributed by atoms with Crippen molar-refractivity contribution in [3.8, 4) is 0 Å². The van der Waals surface area contributed by atoms with Crippen molar-refractivity contribution in [2.45, 2.75) is 85.5 Å². The Morgan fingerprint density at radius 3 is 2.33 bits per heavy atom. The summed E-state index contributed by atoms with van der Waals surface area (Å²) in [6.07, 6.45) is 4.26. The number of benzene rings is 2. The smallest absolute Gasteiger partial charge is 0.276 e. The van der Waals surface area contributed by atoms with Crippen molar-refractivity contribution in [1.29, 1.82) is 0 Å². The van der Waals surface area contributed by atoms with E-state index < -0.39 is 5.91 Å². The van der Waals surface area contributed by atoms with Crippen LogP contribution in [-0.2, 0) is 37.4 Å². The molecular weight excluding hydrogens is 703 g/mol. The summed E-state index contributed by atoms with van der Waals surface area (Å²) >= 11 is 0. The first-order valence-corrected chi connectivity index (χ1v) is 18.6. The third-order valence-electron chi connectivity index (χ3n) is 9.93. The maximum Gasteiger partial charge on any atom is 0.276 e. The van der Waals surface area contributed by atoms with Gasteiger partial charge < -0.3 is 25.9 Å². The van der Waals surface area contributed by atoms with Crippen LogP contribution in [-0.4, -0.2) is 68.8 Å². The first kappa shape index (κ1) is 37.0. The number of carbonyl (C=O) groups excluding carboxylic acids is 4. The Bertz CT molecular complexity index is 2450. The number of carbonyl (C=O) groups is 4. The van der Waals surface area contributed by atoms with E-state index in [0.29, 0.717) is 91.0 Å². The van der Waals surface area contributed by atoms with Crippen LogP contribution >= 0.6 is 0 Å². The molecule has 0 atom stereocenters. The Labute approximate surface area is 316 Å². The number of fused-ring (bicyclic) bond motifs is 8. The molecule has 0 unspecified atom stereocenters. The standard InChI is InChI=1S/C38H45N13O4/c1-4-50-33-25(23(3)47-50)11-6-5-7-18-51-30(19-22(2)46-51)35(54)44-37-42-27-20-24(34(40)53)14-15-28(27)48(37)16-8-9-17-49-29-13-10-12-26(41-31(52)21-39)32(29)43-38(49)45-36(33)55/h10,12-15,19-20H,4-9,11,16-18,21,39H2,1-3H3,(H2,40,53)(H,41,52)(H,42,44,54)(H,43,45,55). The topological polar surface area (TPSA) is 228 Å². The number of nitrogens with zero attached hydrogens (tertiary/aromatic N) is 8. The minimum atomic E-state index is -0.576. The highest BCUT2D eigenvalue weighted by Gasteiger charge is 2.25. The van der Waals surface area contributed by atoms with Gasteiger partial charge in [-0.3, -0.25) is 39.2 Å². The van der Waals surface area contributed by atoms with Crippen molar-refractivity contribution < 1.29 is 19.2 Å². The molecule has 6 aromatic rings. The molecule has 0 radical (unpaired) electrons. The summed E-state index contributed by atoms with van der Waals surface area (Å²) < 4.78 is 7.30. The highest BCUT2D eigenvalue weighted by atomic mass is 16.2. The average molecular weight is 748 g/mol. The van der Waals surface area contributed by atoms with Gasteiger partial charge in [0.25, 0.3) is 11.8 Å². The van der Waals surface area contributed by atoms with Crippen LogP contribution < -0.4 is 27.4 Å². The summed E-state index contributed by atoms with van der Waals surface area (Å²) in [5, 5.41) is 18.2. The lowest BCUT2D eigenvalue weighted by Crippen LogP contribution is -2.22. The van der Waals surface area contributed by atoms with E-state index in [0.717, 1.165) is 47.2 Å². The van der Waals surface area contributed by atoms with Crippen LogP contribution in [0.15, 0.2) is 42.5 Å². The molecule has 55 heavy (non-hydrogen) atoms. The van der Waals surface area contributed by atoms with Crippen LogP contribution in [0.4, 0.5) is 17.6 Å². The lowest BCUT2D eigenvalue weighted by atomic mass is 10.0. The van der Waals surface area contributed by atoms with E-state index in [2.05, 4.69) is 21.0 Å². The van der Waals surface area contributed by atoms with Gasteiger partial charge in [0.1, 0.15) is 16.9 Å². The number of hydrogen-bond acceptors (Lipinski definition) is 9. The summed E-state index contributed by atoms with van der Waals surface area (Å²) in [6, 6.07) is 12.3. The van der Waals surface area contributed by atoms with Gasteiger partial charge in [-0.25, -0.2) is 9.97 Å². The van der Waals surface area contributed by atoms with Gasteiger partial charge in [-0.1, -0.05) is 12.5 Å². The number of hydrogen-bond donors (Lipinski definition) is 5. The fourth-order valence-electron chi connectivity index (χ4n) is 7.28. The summed E-state index contributed by atoms with van der Waals surface area (Å²) in [6.45, 7) is 7.48. The molecule has 2 aromatic carbocycles. The van der Waals surface area contributed by atoms with Gasteiger partial charge in [-0.2, -0.15) is 10.2 Å². The molecule has 0 saturated heterocycles. The number of primary amides is 1. The third-order valence-corrected chi connectivity index (χ3v) is 9.93. The van der Waals surface area contributed by atoms with Gasteiger partial charge in [-0.15, -0.1) is 0 Å². The van der Waals surface area contributed by atoms with Crippen LogP contribution in [0.3, 0.4) is 0 Å². The molecule has 0 aliphatic carbocycles. The number of aromatic nitrogens is 8. The fraction of sp³-hybridized carbons (Fsp3) is 0.368. The first-order valence-electron chi connectivity index (χ1n) is 18.6. The normalized spacial score (nSPS) is 14.6. The number of nitrogens with two attached hydrogens (primary N) is 2. The van der Waals surface area contributed by atoms with E-state index in [1.807, 2.05) is 42.0 Å². The predicted molar refractivity (Wildman–Crippen MR) is 208 cm³/mol. The predicted octanol–water partition coefficient (Wildman–Crippen LogP) is 4.12. The zero-order chi connectivity index (χ0) is 38.8. The molecular formula is C38H45N13O4. The van der Waals surface area contributed by atoms with Crippen LogP contribution in [0.5, 0.6) is 0 Å². The van der Waals surface area contributed by atoms with E-state index in [1.165, 1.54) is 0 Å². The molecule has 286 valence electrons. The Kier molecular flexibility index (Phi) is 10.5. The van der Waals surface area contributed by atoms with Crippen LogP contribution in [0, 0.1) is 13.8 Å². The van der Waals surface area contributed by atoms with Gasteiger partial charge in [0.05, 0.1) is 40.2 Å². The zero-order valence-corrected chi connectivity index (χ0v) is 31.2. The molecule has 7 N–H and O–H groups in total. The Morgan fingerprint density at radius 2 is 1.58 bits per heavy atom. The van der Waals surface area contributed by atoms with E-state index in [-0.39, 0.29) is 24.3 Å². The van der Waals surface area contributed by atoms with Crippen molar-refractivity contribution >= 4 is 63.3 Å². The largest absolute Gasteiger partial charge is 0.366 e. The molecule has 17 nitrogen and oxygen atoms in total. The zero-order valence-electron chi connectivity index (χ0n) is 31.2. The number of imidazole rings is 2. The number of anilines is 3. The minimum absolute atomic E-state index is 0.192. The second-order valence-electron chi connectivity index (χ2n) is 13.7. The van der Waals surface area contributed by atoms with Crippen molar-refractivity contribution in [2.75, 3.05) is 22.5 Å². The van der Waals surface area contributed by atoms with Crippen molar-refractivity contribution in [3.63, 3.8) is 0 Å². The van der Waals surface area contributed by atoms with E-state index in [1.54, 1.807) is 39.7 Å². The number of rotatable bonds is 4. The van der Waals surface area contributed by atoms with E-state index in [4.69, 9.17) is 26.5 Å². The Morgan fingerprint density at radius 1 is 0.855 bits per heavy atom. The second kappa shape index (κ2) is 15.5. The maximum absolute atomic E-state index is 14.2. The van der Waals surface area contributed by atoms with E-state index >= 15 is 0 Å². The number of amides is 4. The van der Waals surface area contributed by atoms with Gasteiger partial charge in [0, 0.05) is 37.3 Å². The Hall–Kier alpha value is -6.36. The van der Waals surface area contributed by atoms with Crippen molar-refractivity contribution in [1.82, 2.24) is 38.7 Å². The quantitative estimate of drug-likeness (QED) is 0.174. The SMILES string of the molecule is CCn1nc(C)c2c1C(=O)Nc1nc3c(NC(=O)CN)cccc3n1CCCCn1c(nc3cc(C(N)=O)ccc31)NC(=O)c1cc(C)nn1CCCCC2. The van der Waals surface area contributed by atoms with Crippen molar-refractivity contribution in [3.05, 3.63) is 76.4 Å². The molecule has 5 heterocycles. The fourth-order valence-corrected chi connectivity index (χ4v) is 7.28. The Balaban J connectivity index is 1.29. The highest BCUT2D eigenvalue weighted by Crippen LogP contribution is 2.29. The molecule has 1 aliphatic heterocycles. The molecule has 1 aliphatic rings. The number of nitrogens with one attached hydrogen (secondary N) is 3. The van der Waals surface area contributed by atoms with Crippen LogP contribution in [0.1, 0.15) is 87.3 Å². The highest BCUT2D eigenvalue weighted by molar-refractivity contribution is 6.06. The van der Waals surface area contributed by atoms with Crippen LogP contribution in [0.2, 0.25) is 0 Å². The molecule has 0 fully saturated rings. The van der Waals surface area contributed by atoms with Gasteiger partial charge in [0.2, 0.25) is 23.7 Å². The van der Waals surface area contributed by atoms with Crippen LogP contribution in [0.25, 0.3) is 22.1 Å². The van der Waals surface area contributed by atoms with Crippen molar-refractivity contribution in [2.24, 2.45) is 11.5 Å². The number of para-hydroxylation sites is 1. The molecule has 0 bridgehead atoms.